The molecule has 0 unspecified atom stereocenters. The lowest BCUT2D eigenvalue weighted by molar-refractivity contribution is 0.412. The number of nitrogens with one attached hydrogen (secondary N) is 1. The van der Waals surface area contributed by atoms with E-state index in [1.807, 2.05) is 4.90 Å². The zero-order chi connectivity index (χ0) is 19.2. The van der Waals surface area contributed by atoms with Gasteiger partial charge in [-0.2, -0.15) is 8.42 Å². The van der Waals surface area contributed by atoms with Gasteiger partial charge in [-0.3, -0.25) is 9.71 Å². The van der Waals surface area contributed by atoms with Gasteiger partial charge in [0.1, 0.15) is 11.6 Å². The Labute approximate surface area is 155 Å². The summed E-state index contributed by atoms with van der Waals surface area (Å²) in [6.45, 7) is 0.638. The third-order valence-electron chi connectivity index (χ3n) is 4.51. The number of benzene rings is 2. The number of pyridine rings is 1. The SMILES string of the molecule is COc1cc(F)c2c(N3CCc4cc(NS(N)(=O)=O)ccc43)ccnc2c1. The summed E-state index contributed by atoms with van der Waals surface area (Å²) in [4.78, 5) is 6.25. The molecule has 0 saturated heterocycles. The highest BCUT2D eigenvalue weighted by Crippen LogP contribution is 2.40. The molecule has 0 radical (unpaired) electrons. The molecule has 0 fully saturated rings. The number of hydrogen-bond donors (Lipinski definition) is 2. The largest absolute Gasteiger partial charge is 0.497 e. The number of fused-ring (bicyclic) bond motifs is 2. The molecule has 27 heavy (non-hydrogen) atoms. The maximum Gasteiger partial charge on any atom is 0.296 e. The maximum atomic E-state index is 14.7. The van der Waals surface area contributed by atoms with Crippen LogP contribution in [0.4, 0.5) is 21.5 Å². The molecule has 0 bridgehead atoms. The third kappa shape index (κ3) is 3.26. The molecule has 0 atom stereocenters. The van der Waals surface area contributed by atoms with Crippen LogP contribution in [-0.4, -0.2) is 27.1 Å². The Hall–Kier alpha value is -2.91. The monoisotopic (exact) mass is 388 g/mol. The zero-order valence-electron chi connectivity index (χ0n) is 14.4. The van der Waals surface area contributed by atoms with E-state index in [9.17, 15) is 12.8 Å². The molecule has 2 heterocycles. The minimum atomic E-state index is -3.83. The second-order valence-corrected chi connectivity index (χ2v) is 7.52. The Morgan fingerprint density at radius 2 is 2.04 bits per heavy atom. The molecular weight excluding hydrogens is 371 g/mol. The number of rotatable bonds is 4. The lowest BCUT2D eigenvalue weighted by Gasteiger charge is -2.22. The van der Waals surface area contributed by atoms with Gasteiger partial charge in [-0.05, 0) is 36.2 Å². The van der Waals surface area contributed by atoms with Crippen molar-refractivity contribution in [3.63, 3.8) is 0 Å². The van der Waals surface area contributed by atoms with Gasteiger partial charge in [-0.1, -0.05) is 0 Å². The van der Waals surface area contributed by atoms with Gasteiger partial charge in [-0.25, -0.2) is 9.53 Å². The minimum absolute atomic E-state index is 0.397. The second kappa shape index (κ2) is 6.36. The number of aromatic nitrogens is 1. The van der Waals surface area contributed by atoms with Crippen molar-refractivity contribution in [1.82, 2.24) is 4.98 Å². The Kier molecular flexibility index (Phi) is 4.12. The third-order valence-corrected chi connectivity index (χ3v) is 5.03. The van der Waals surface area contributed by atoms with E-state index in [1.165, 1.54) is 13.2 Å². The summed E-state index contributed by atoms with van der Waals surface area (Å²) in [5.74, 6) is -0.00130. The van der Waals surface area contributed by atoms with E-state index < -0.39 is 16.0 Å². The van der Waals surface area contributed by atoms with Crippen molar-refractivity contribution in [1.29, 1.82) is 0 Å². The van der Waals surface area contributed by atoms with Crippen molar-refractivity contribution in [3.8, 4) is 5.75 Å². The number of hydrogen-bond acceptors (Lipinski definition) is 5. The van der Waals surface area contributed by atoms with Crippen LogP contribution in [0.3, 0.4) is 0 Å². The molecule has 2 aromatic carbocycles. The Morgan fingerprint density at radius 1 is 1.22 bits per heavy atom. The van der Waals surface area contributed by atoms with Crippen LogP contribution in [0, 0.1) is 5.82 Å². The van der Waals surface area contributed by atoms with Crippen molar-refractivity contribution in [2.75, 3.05) is 23.3 Å². The van der Waals surface area contributed by atoms with Crippen molar-refractivity contribution in [3.05, 3.63) is 54.0 Å². The summed E-state index contributed by atoms with van der Waals surface area (Å²) in [5, 5.41) is 5.44. The van der Waals surface area contributed by atoms with Gasteiger partial charge in [0.2, 0.25) is 0 Å². The molecule has 1 aromatic heterocycles. The van der Waals surface area contributed by atoms with E-state index >= 15 is 0 Å². The fraction of sp³-hybridized carbons (Fsp3) is 0.167. The predicted molar refractivity (Wildman–Crippen MR) is 102 cm³/mol. The van der Waals surface area contributed by atoms with Crippen LogP contribution in [0.5, 0.6) is 5.75 Å². The first-order chi connectivity index (χ1) is 12.9. The van der Waals surface area contributed by atoms with E-state index in [1.54, 1.807) is 36.5 Å². The predicted octanol–water partition coefficient (Wildman–Crippen LogP) is 2.69. The van der Waals surface area contributed by atoms with Gasteiger partial charge < -0.3 is 9.64 Å². The topological polar surface area (TPSA) is 97.5 Å². The summed E-state index contributed by atoms with van der Waals surface area (Å²) in [7, 11) is -2.35. The highest BCUT2D eigenvalue weighted by atomic mass is 32.2. The smallest absolute Gasteiger partial charge is 0.296 e. The summed E-state index contributed by atoms with van der Waals surface area (Å²) >= 11 is 0. The number of nitrogens with zero attached hydrogens (tertiary/aromatic N) is 2. The van der Waals surface area contributed by atoms with Gasteiger partial charge in [0.05, 0.1) is 29.4 Å². The van der Waals surface area contributed by atoms with Gasteiger partial charge in [0, 0.05) is 30.6 Å². The van der Waals surface area contributed by atoms with Gasteiger partial charge >= 0.3 is 0 Å². The van der Waals surface area contributed by atoms with Gasteiger partial charge in [0.25, 0.3) is 10.2 Å². The highest BCUT2D eigenvalue weighted by Gasteiger charge is 2.24. The quantitative estimate of drug-likeness (QED) is 0.716. The molecule has 3 N–H and O–H groups in total. The van der Waals surface area contributed by atoms with Crippen LogP contribution in [0.2, 0.25) is 0 Å². The molecular formula is C18H17FN4O3S. The Balaban J connectivity index is 1.79. The van der Waals surface area contributed by atoms with Crippen LogP contribution in [0.1, 0.15) is 5.56 Å². The molecule has 1 aliphatic heterocycles. The van der Waals surface area contributed by atoms with Crippen molar-refractivity contribution in [2.24, 2.45) is 5.14 Å². The highest BCUT2D eigenvalue weighted by molar-refractivity contribution is 7.90. The number of halogens is 1. The molecule has 4 rings (SSSR count). The van der Waals surface area contributed by atoms with E-state index in [0.29, 0.717) is 41.0 Å². The number of ether oxygens (including phenoxy) is 1. The minimum Gasteiger partial charge on any atom is -0.497 e. The molecule has 3 aromatic rings. The van der Waals surface area contributed by atoms with E-state index in [4.69, 9.17) is 9.88 Å². The Bertz CT molecular complexity index is 1150. The molecule has 9 heteroatoms. The van der Waals surface area contributed by atoms with E-state index in [2.05, 4.69) is 9.71 Å². The zero-order valence-corrected chi connectivity index (χ0v) is 15.3. The van der Waals surface area contributed by atoms with Crippen LogP contribution < -0.4 is 19.5 Å². The molecule has 140 valence electrons. The first-order valence-corrected chi connectivity index (χ1v) is 9.73. The number of methoxy groups -OCH3 is 1. The van der Waals surface area contributed by atoms with Gasteiger partial charge in [0.15, 0.2) is 0 Å². The molecule has 0 spiro atoms. The Morgan fingerprint density at radius 3 is 2.78 bits per heavy atom. The van der Waals surface area contributed by atoms with Crippen LogP contribution >= 0.6 is 0 Å². The molecule has 0 saturated carbocycles. The summed E-state index contributed by atoms with van der Waals surface area (Å²) in [6, 6.07) is 9.96. The standard InChI is InChI=1S/C18H17FN4O3S/c1-26-13-9-14(19)18-15(10-13)21-6-4-17(18)23-7-5-11-8-12(2-3-16(11)23)22-27(20,24)25/h2-4,6,8-10,22H,5,7H2,1H3,(H2,20,24,25). The fourth-order valence-corrected chi connectivity index (χ4v) is 3.87. The average Bonchev–Trinajstić information content (AvgIpc) is 3.02. The fourth-order valence-electron chi connectivity index (χ4n) is 3.42. The first kappa shape index (κ1) is 17.5. The lowest BCUT2D eigenvalue weighted by atomic mass is 10.1. The first-order valence-electron chi connectivity index (χ1n) is 8.19. The van der Waals surface area contributed by atoms with Crippen LogP contribution in [0.25, 0.3) is 10.9 Å². The number of nitrogens with two attached hydrogens (primary N) is 1. The molecule has 7 nitrogen and oxygen atoms in total. The molecule has 1 aliphatic rings. The van der Waals surface area contributed by atoms with Crippen LogP contribution in [0.15, 0.2) is 42.6 Å². The summed E-state index contributed by atoms with van der Waals surface area (Å²) in [5.41, 5.74) is 3.44. The average molecular weight is 388 g/mol. The maximum absolute atomic E-state index is 14.7. The molecule has 0 aliphatic carbocycles. The molecule has 0 amide bonds. The van der Waals surface area contributed by atoms with Crippen molar-refractivity contribution in [2.45, 2.75) is 6.42 Å². The lowest BCUT2D eigenvalue weighted by Crippen LogP contribution is -2.21. The normalized spacial score (nSPS) is 13.7. The van der Waals surface area contributed by atoms with Crippen molar-refractivity contribution < 1.29 is 17.5 Å². The second-order valence-electron chi connectivity index (χ2n) is 6.23. The number of anilines is 3. The van der Waals surface area contributed by atoms with Crippen LogP contribution in [-0.2, 0) is 16.6 Å². The van der Waals surface area contributed by atoms with Gasteiger partial charge in [-0.15, -0.1) is 0 Å². The van der Waals surface area contributed by atoms with E-state index in [-0.39, 0.29) is 0 Å². The van der Waals surface area contributed by atoms with Crippen molar-refractivity contribution >= 4 is 38.2 Å². The summed E-state index contributed by atoms with van der Waals surface area (Å²) in [6.07, 6.45) is 2.32. The summed E-state index contributed by atoms with van der Waals surface area (Å²) < 4.78 is 44.6. The van der Waals surface area contributed by atoms with E-state index in [0.717, 1.165) is 11.3 Å².